The number of benzene rings is 1. The molecule has 2 fully saturated rings. The minimum Gasteiger partial charge on any atom is -0.491 e. The van der Waals surface area contributed by atoms with Gasteiger partial charge in [0.25, 0.3) is 0 Å². The topological polar surface area (TPSA) is 67.4 Å². The number of hydrogen-bond donors (Lipinski definition) is 2. The molecule has 0 aromatic heterocycles. The van der Waals surface area contributed by atoms with Crippen molar-refractivity contribution in [1.29, 1.82) is 0 Å². The fourth-order valence-corrected chi connectivity index (χ4v) is 3.39. The Hall–Kier alpha value is -2.04. The van der Waals surface area contributed by atoms with Crippen molar-refractivity contribution in [2.75, 3.05) is 5.32 Å². The van der Waals surface area contributed by atoms with Crippen LogP contribution in [0.2, 0.25) is 0 Å². The molecule has 2 aliphatic rings. The molecule has 2 N–H and O–H groups in total. The van der Waals surface area contributed by atoms with Crippen LogP contribution >= 0.6 is 0 Å². The molecule has 5 heteroatoms. The first-order valence-electron chi connectivity index (χ1n) is 9.39. The molecule has 0 radical (unpaired) electrons. The maximum Gasteiger partial charge on any atom is 0.240 e. The minimum atomic E-state index is -0.870. The number of amides is 2. The molecule has 0 heterocycles. The van der Waals surface area contributed by atoms with Gasteiger partial charge in [-0.05, 0) is 63.8 Å². The summed E-state index contributed by atoms with van der Waals surface area (Å²) in [6.07, 6.45) is 7.00. The van der Waals surface area contributed by atoms with Gasteiger partial charge in [-0.2, -0.15) is 0 Å². The summed E-state index contributed by atoms with van der Waals surface area (Å²) in [4.78, 5) is 25.2. The molecule has 0 unspecified atom stereocenters. The van der Waals surface area contributed by atoms with Crippen LogP contribution in [0.3, 0.4) is 0 Å². The Kier molecular flexibility index (Phi) is 5.30. The molecular weight excluding hydrogens is 316 g/mol. The fraction of sp³-hybridized carbons (Fsp3) is 0.600. The third kappa shape index (κ3) is 4.33. The lowest BCUT2D eigenvalue weighted by molar-refractivity contribution is -0.135. The highest BCUT2D eigenvalue weighted by Crippen LogP contribution is 2.47. The van der Waals surface area contributed by atoms with E-state index in [1.807, 2.05) is 38.1 Å². The van der Waals surface area contributed by atoms with Crippen LogP contribution in [0.4, 0.5) is 5.69 Å². The van der Waals surface area contributed by atoms with Crippen molar-refractivity contribution in [3.63, 3.8) is 0 Å². The van der Waals surface area contributed by atoms with Gasteiger partial charge in [-0.15, -0.1) is 0 Å². The zero-order valence-electron chi connectivity index (χ0n) is 15.1. The van der Waals surface area contributed by atoms with E-state index in [9.17, 15) is 9.59 Å². The van der Waals surface area contributed by atoms with Gasteiger partial charge >= 0.3 is 0 Å². The molecule has 0 aliphatic heterocycles. The molecular formula is C20H28N2O3. The zero-order chi connectivity index (χ0) is 17.9. The zero-order valence-corrected chi connectivity index (χ0v) is 15.1. The molecule has 2 amide bonds. The first kappa shape index (κ1) is 17.8. The third-order valence-corrected chi connectivity index (χ3v) is 5.04. The highest BCUT2D eigenvalue weighted by Gasteiger charge is 2.56. The number of ether oxygens (including phenoxy) is 1. The second kappa shape index (κ2) is 7.46. The highest BCUT2D eigenvalue weighted by molar-refractivity contribution is 6.13. The number of hydrogen-bond acceptors (Lipinski definition) is 3. The van der Waals surface area contributed by atoms with Crippen molar-refractivity contribution < 1.29 is 14.3 Å². The predicted molar refractivity (Wildman–Crippen MR) is 97.5 cm³/mol. The van der Waals surface area contributed by atoms with E-state index in [2.05, 4.69) is 10.6 Å². The lowest BCUT2D eigenvalue weighted by Gasteiger charge is -2.25. The quantitative estimate of drug-likeness (QED) is 0.774. The fourth-order valence-electron chi connectivity index (χ4n) is 3.39. The summed E-state index contributed by atoms with van der Waals surface area (Å²) in [5.41, 5.74) is -0.178. The van der Waals surface area contributed by atoms with Crippen LogP contribution in [0, 0.1) is 5.41 Å². The van der Waals surface area contributed by atoms with Crippen molar-refractivity contribution >= 4 is 17.5 Å². The summed E-state index contributed by atoms with van der Waals surface area (Å²) in [6, 6.07) is 7.52. The Balaban J connectivity index is 1.57. The van der Waals surface area contributed by atoms with Gasteiger partial charge in [0.05, 0.1) is 6.10 Å². The highest BCUT2D eigenvalue weighted by atomic mass is 16.5. The van der Waals surface area contributed by atoms with Crippen molar-refractivity contribution in [2.45, 2.75) is 70.9 Å². The summed E-state index contributed by atoms with van der Waals surface area (Å²) in [5.74, 6) is 0.471. The van der Waals surface area contributed by atoms with E-state index in [1.165, 1.54) is 6.42 Å². The maximum atomic E-state index is 12.6. The lowest BCUT2D eigenvalue weighted by atomic mass is 9.94. The Morgan fingerprint density at radius 3 is 2.24 bits per heavy atom. The Bertz CT molecular complexity index is 614. The van der Waals surface area contributed by atoms with E-state index in [4.69, 9.17) is 4.74 Å². The molecule has 1 aromatic rings. The van der Waals surface area contributed by atoms with Crippen molar-refractivity contribution in [3.8, 4) is 5.75 Å². The Morgan fingerprint density at radius 2 is 1.68 bits per heavy atom. The molecule has 3 rings (SSSR count). The Labute approximate surface area is 149 Å². The SMILES string of the molecule is CC(C)Oc1ccc(NC(=O)C2(C(=O)NC3CCCCC3)CC2)cc1. The van der Waals surface area contributed by atoms with Crippen molar-refractivity contribution in [2.24, 2.45) is 5.41 Å². The number of anilines is 1. The van der Waals surface area contributed by atoms with E-state index in [0.717, 1.165) is 31.4 Å². The van der Waals surface area contributed by atoms with E-state index in [-0.39, 0.29) is 24.0 Å². The smallest absolute Gasteiger partial charge is 0.240 e. The van der Waals surface area contributed by atoms with E-state index >= 15 is 0 Å². The van der Waals surface area contributed by atoms with Gasteiger partial charge in [0, 0.05) is 11.7 Å². The van der Waals surface area contributed by atoms with Gasteiger partial charge < -0.3 is 15.4 Å². The molecule has 0 bridgehead atoms. The molecule has 5 nitrogen and oxygen atoms in total. The van der Waals surface area contributed by atoms with E-state index in [1.54, 1.807) is 0 Å². The van der Waals surface area contributed by atoms with Crippen molar-refractivity contribution in [1.82, 2.24) is 5.32 Å². The largest absolute Gasteiger partial charge is 0.491 e. The predicted octanol–water partition coefficient (Wildman–Crippen LogP) is 3.64. The third-order valence-electron chi connectivity index (χ3n) is 5.04. The van der Waals surface area contributed by atoms with Crippen LogP contribution in [0.5, 0.6) is 5.75 Å². The lowest BCUT2D eigenvalue weighted by Crippen LogP contribution is -2.45. The summed E-state index contributed by atoms with van der Waals surface area (Å²) in [7, 11) is 0. The van der Waals surface area contributed by atoms with Crippen LogP contribution in [0.25, 0.3) is 0 Å². The first-order chi connectivity index (χ1) is 12.0. The van der Waals surface area contributed by atoms with Crippen LogP contribution in [0.1, 0.15) is 58.8 Å². The number of carbonyl (C=O) groups excluding carboxylic acids is 2. The van der Waals surface area contributed by atoms with Gasteiger partial charge in [-0.3, -0.25) is 9.59 Å². The molecule has 136 valence electrons. The average Bonchev–Trinajstić information content (AvgIpc) is 3.39. The molecule has 2 saturated carbocycles. The van der Waals surface area contributed by atoms with Crippen molar-refractivity contribution in [3.05, 3.63) is 24.3 Å². The summed E-state index contributed by atoms with van der Waals surface area (Å²) < 4.78 is 5.60. The minimum absolute atomic E-state index is 0.100. The van der Waals surface area contributed by atoms with Gasteiger partial charge in [-0.1, -0.05) is 19.3 Å². The summed E-state index contributed by atoms with van der Waals surface area (Å²) in [6.45, 7) is 3.94. The normalized spacial score (nSPS) is 19.3. The van der Waals surface area contributed by atoms with Gasteiger partial charge in [-0.25, -0.2) is 0 Å². The second-order valence-electron chi connectivity index (χ2n) is 7.54. The molecule has 25 heavy (non-hydrogen) atoms. The maximum absolute atomic E-state index is 12.6. The first-order valence-corrected chi connectivity index (χ1v) is 9.39. The molecule has 0 spiro atoms. The van der Waals surface area contributed by atoms with E-state index < -0.39 is 5.41 Å². The van der Waals surface area contributed by atoms with Gasteiger partial charge in [0.15, 0.2) is 0 Å². The van der Waals surface area contributed by atoms with Crippen LogP contribution in [-0.2, 0) is 9.59 Å². The van der Waals surface area contributed by atoms with E-state index in [0.29, 0.717) is 18.5 Å². The average molecular weight is 344 g/mol. The summed E-state index contributed by atoms with van der Waals surface area (Å²) >= 11 is 0. The second-order valence-corrected chi connectivity index (χ2v) is 7.54. The van der Waals surface area contributed by atoms with Gasteiger partial charge in [0.2, 0.25) is 11.8 Å². The molecule has 2 aliphatic carbocycles. The Morgan fingerprint density at radius 1 is 1.04 bits per heavy atom. The molecule has 0 atom stereocenters. The number of carbonyl (C=O) groups is 2. The number of nitrogens with one attached hydrogen (secondary N) is 2. The standard InChI is InChI=1S/C20H28N2O3/c1-14(2)25-17-10-8-16(9-11-17)22-19(24)20(12-13-20)18(23)21-15-6-4-3-5-7-15/h8-11,14-15H,3-7,12-13H2,1-2H3,(H,21,23)(H,22,24). The van der Waals surface area contributed by atoms with Crippen LogP contribution in [-0.4, -0.2) is 24.0 Å². The van der Waals surface area contributed by atoms with Gasteiger partial charge in [0.1, 0.15) is 11.2 Å². The summed E-state index contributed by atoms with van der Waals surface area (Å²) in [5, 5.41) is 5.99. The number of rotatable bonds is 6. The monoisotopic (exact) mass is 344 g/mol. The molecule has 1 aromatic carbocycles. The van der Waals surface area contributed by atoms with Crippen LogP contribution < -0.4 is 15.4 Å². The van der Waals surface area contributed by atoms with Crippen LogP contribution in [0.15, 0.2) is 24.3 Å². The molecule has 0 saturated heterocycles.